The number of aliphatic hydroxyl groups is 2. The van der Waals surface area contributed by atoms with Crippen molar-refractivity contribution in [3.05, 3.63) is 36.5 Å². The molecule has 538 valence electrons. The van der Waals surface area contributed by atoms with E-state index in [1.807, 2.05) is 0 Å². The molecule has 0 aliphatic carbocycles. The molecule has 0 aliphatic rings. The van der Waals surface area contributed by atoms with Gasteiger partial charge in [0.1, 0.15) is 0 Å². The van der Waals surface area contributed by atoms with Gasteiger partial charge in [-0.2, -0.15) is 0 Å². The fraction of sp³-hybridized carbons (Fsp3) is 0.906. The van der Waals surface area contributed by atoms with E-state index in [0.717, 1.165) is 44.9 Å². The summed E-state index contributed by atoms with van der Waals surface area (Å²) in [5.74, 6) is -0.00791. The second-order valence-corrected chi connectivity index (χ2v) is 28.8. The second-order valence-electron chi connectivity index (χ2n) is 28.8. The molecule has 6 nitrogen and oxygen atoms in total. The molecule has 0 heterocycles. The van der Waals surface area contributed by atoms with Crippen LogP contribution in [0, 0.1) is 0 Å². The normalized spacial score (nSPS) is 12.6. The summed E-state index contributed by atoms with van der Waals surface area (Å²) >= 11 is 0. The summed E-state index contributed by atoms with van der Waals surface area (Å²) in [6.07, 6.45) is 105. The average Bonchev–Trinajstić information content (AvgIpc) is 3.65. The van der Waals surface area contributed by atoms with Gasteiger partial charge in [0, 0.05) is 12.8 Å². The van der Waals surface area contributed by atoms with Crippen LogP contribution < -0.4 is 5.32 Å². The van der Waals surface area contributed by atoms with E-state index in [4.69, 9.17) is 4.74 Å². The first kappa shape index (κ1) is 89.1. The lowest BCUT2D eigenvalue weighted by atomic mass is 10.0. The van der Waals surface area contributed by atoms with Gasteiger partial charge in [-0.1, -0.05) is 410 Å². The minimum atomic E-state index is -0.662. The van der Waals surface area contributed by atoms with Crippen LogP contribution in [0.3, 0.4) is 0 Å². The first-order valence-corrected chi connectivity index (χ1v) is 41.7. The molecule has 0 aromatic carbocycles. The number of rotatable bonds is 79. The van der Waals surface area contributed by atoms with Crippen LogP contribution in [0.25, 0.3) is 0 Å². The van der Waals surface area contributed by atoms with E-state index in [0.29, 0.717) is 25.9 Å². The molecule has 91 heavy (non-hydrogen) atoms. The third-order valence-electron chi connectivity index (χ3n) is 19.7. The van der Waals surface area contributed by atoms with Crippen molar-refractivity contribution >= 4 is 11.9 Å². The number of hydrogen-bond donors (Lipinski definition) is 3. The van der Waals surface area contributed by atoms with E-state index < -0.39 is 12.1 Å². The lowest BCUT2D eigenvalue weighted by Gasteiger charge is -2.22. The zero-order chi connectivity index (χ0) is 65.6. The molecule has 0 rings (SSSR count). The first-order chi connectivity index (χ1) is 45.0. The fourth-order valence-corrected chi connectivity index (χ4v) is 13.3. The Balaban J connectivity index is 3.32. The molecule has 0 radical (unpaired) electrons. The van der Waals surface area contributed by atoms with E-state index in [1.165, 1.54) is 392 Å². The number of esters is 1. The Hall–Kier alpha value is -1.92. The number of nitrogens with one attached hydrogen (secondary N) is 1. The van der Waals surface area contributed by atoms with E-state index in [2.05, 4.69) is 55.6 Å². The van der Waals surface area contributed by atoms with Gasteiger partial charge in [-0.05, 0) is 83.5 Å². The van der Waals surface area contributed by atoms with Crippen molar-refractivity contribution in [2.45, 2.75) is 482 Å². The van der Waals surface area contributed by atoms with E-state index >= 15 is 0 Å². The number of ether oxygens (including phenoxy) is 1. The number of hydrogen-bond acceptors (Lipinski definition) is 5. The molecule has 3 N–H and O–H groups in total. The Morgan fingerprint density at radius 3 is 0.868 bits per heavy atom. The van der Waals surface area contributed by atoms with Crippen LogP contribution in [0.4, 0.5) is 0 Å². The van der Waals surface area contributed by atoms with Crippen LogP contribution in [-0.2, 0) is 14.3 Å². The third-order valence-corrected chi connectivity index (χ3v) is 19.7. The van der Waals surface area contributed by atoms with Crippen LogP contribution in [0.5, 0.6) is 0 Å². The molecule has 0 aromatic rings. The molecular weight excluding hydrogens is 1110 g/mol. The predicted octanol–water partition coefficient (Wildman–Crippen LogP) is 27.8. The largest absolute Gasteiger partial charge is 0.466 e. The molecule has 0 fully saturated rings. The topological polar surface area (TPSA) is 95.9 Å². The first-order valence-electron chi connectivity index (χ1n) is 41.7. The summed E-state index contributed by atoms with van der Waals surface area (Å²) in [7, 11) is 0. The summed E-state index contributed by atoms with van der Waals surface area (Å²) in [6, 6.07) is -0.539. The van der Waals surface area contributed by atoms with Gasteiger partial charge in [-0.3, -0.25) is 9.59 Å². The van der Waals surface area contributed by atoms with Crippen molar-refractivity contribution in [1.29, 1.82) is 0 Å². The third kappa shape index (κ3) is 77.0. The molecule has 6 heteroatoms. The van der Waals surface area contributed by atoms with Crippen LogP contribution >= 0.6 is 0 Å². The Morgan fingerprint density at radius 1 is 0.308 bits per heavy atom. The number of unbranched alkanes of at least 4 members (excludes halogenated alkanes) is 62. The number of aliphatic hydroxyl groups excluding tert-OH is 2. The Kier molecular flexibility index (Phi) is 78.8. The Labute approximate surface area is 570 Å². The average molecular weight is 1280 g/mol. The highest BCUT2D eigenvalue weighted by atomic mass is 16.5. The van der Waals surface area contributed by atoms with Crippen molar-refractivity contribution in [3.8, 4) is 0 Å². The van der Waals surface area contributed by atoms with Crippen molar-refractivity contribution in [2.75, 3.05) is 13.2 Å². The number of carbonyl (C=O) groups is 2. The van der Waals surface area contributed by atoms with Gasteiger partial charge < -0.3 is 20.3 Å². The van der Waals surface area contributed by atoms with Gasteiger partial charge in [0.15, 0.2) is 0 Å². The number of carbonyl (C=O) groups excluding carboxylic acids is 2. The van der Waals surface area contributed by atoms with Gasteiger partial charge in [0.05, 0.1) is 25.4 Å². The summed E-state index contributed by atoms with van der Waals surface area (Å²) in [6.45, 7) is 4.98. The van der Waals surface area contributed by atoms with Gasteiger partial charge in [0.25, 0.3) is 0 Å². The van der Waals surface area contributed by atoms with Crippen LogP contribution in [0.15, 0.2) is 36.5 Å². The van der Waals surface area contributed by atoms with E-state index in [1.54, 1.807) is 0 Å². The molecule has 2 unspecified atom stereocenters. The molecular formula is C85H163NO5. The fourth-order valence-electron chi connectivity index (χ4n) is 13.3. The van der Waals surface area contributed by atoms with Crippen molar-refractivity contribution in [1.82, 2.24) is 5.32 Å². The van der Waals surface area contributed by atoms with Crippen LogP contribution in [0.1, 0.15) is 470 Å². The molecule has 0 saturated carbocycles. The second kappa shape index (κ2) is 80.5. The molecule has 0 saturated heterocycles. The maximum absolute atomic E-state index is 12.6. The molecule has 0 aliphatic heterocycles. The predicted molar refractivity (Wildman–Crippen MR) is 403 cm³/mol. The molecule has 0 aromatic heterocycles. The van der Waals surface area contributed by atoms with Gasteiger partial charge >= 0.3 is 5.97 Å². The molecule has 0 bridgehead atoms. The molecule has 2 atom stereocenters. The zero-order valence-corrected chi connectivity index (χ0v) is 61.9. The minimum absolute atomic E-state index is 0.0185. The van der Waals surface area contributed by atoms with Crippen LogP contribution in [0.2, 0.25) is 0 Å². The Morgan fingerprint density at radius 2 is 0.549 bits per heavy atom. The molecule has 0 spiro atoms. The highest BCUT2D eigenvalue weighted by Gasteiger charge is 2.20. The van der Waals surface area contributed by atoms with Gasteiger partial charge in [-0.25, -0.2) is 0 Å². The Bertz CT molecular complexity index is 1470. The highest BCUT2D eigenvalue weighted by Crippen LogP contribution is 2.20. The quantitative estimate of drug-likeness (QED) is 0.0320. The summed E-state index contributed by atoms with van der Waals surface area (Å²) < 4.78 is 5.52. The minimum Gasteiger partial charge on any atom is -0.466 e. The summed E-state index contributed by atoms with van der Waals surface area (Å²) in [5, 5.41) is 23.4. The van der Waals surface area contributed by atoms with Gasteiger partial charge in [-0.15, -0.1) is 0 Å². The lowest BCUT2D eigenvalue weighted by molar-refractivity contribution is -0.143. The number of amides is 1. The van der Waals surface area contributed by atoms with Crippen molar-refractivity contribution in [3.63, 3.8) is 0 Å². The maximum atomic E-state index is 12.6. The summed E-state index contributed by atoms with van der Waals surface area (Å²) in [4.78, 5) is 24.7. The highest BCUT2D eigenvalue weighted by molar-refractivity contribution is 5.76. The van der Waals surface area contributed by atoms with E-state index in [9.17, 15) is 19.8 Å². The van der Waals surface area contributed by atoms with E-state index in [-0.39, 0.29) is 18.5 Å². The summed E-state index contributed by atoms with van der Waals surface area (Å²) in [5.41, 5.74) is 0. The van der Waals surface area contributed by atoms with Crippen molar-refractivity contribution < 1.29 is 24.5 Å². The van der Waals surface area contributed by atoms with Crippen LogP contribution in [-0.4, -0.2) is 47.4 Å². The SMILES string of the molecule is CCCCC/C=C\C/C=C\CCCCCCCCCCCC(=O)OCCCCCCCCCCCCCCCCCC/C=C\CCCCCCCCCCCCCCCCCCCC(=O)NC(CO)C(O)CCCCCCCCCCCCCCCCCCCC. The zero-order valence-electron chi connectivity index (χ0n) is 61.9. The monoisotopic (exact) mass is 1280 g/mol. The maximum Gasteiger partial charge on any atom is 0.305 e. The van der Waals surface area contributed by atoms with Crippen molar-refractivity contribution in [2.24, 2.45) is 0 Å². The standard InChI is InChI=1S/C85H163NO5/c1-3-5-7-9-11-13-15-17-19-21-42-47-51-55-59-63-67-71-75-79-85(90)91-80-76-72-68-64-60-56-52-48-44-41-39-37-35-33-31-29-27-25-23-24-26-28-30-32-34-36-38-40-43-46-50-54-58-62-66-70-74-78-84(89)86-82(81-87)83(88)77-73-69-65-61-57-53-49-45-22-20-18-16-14-12-10-8-6-4-2/h11,13,17,19,23,25,82-83,87-88H,3-10,12,14-16,18,20-22,24,26-81H2,1-2H3,(H,86,89)/b13-11-,19-17-,25-23-. The smallest absolute Gasteiger partial charge is 0.305 e. The lowest BCUT2D eigenvalue weighted by Crippen LogP contribution is -2.45. The van der Waals surface area contributed by atoms with Gasteiger partial charge in [0.2, 0.25) is 5.91 Å². The number of allylic oxidation sites excluding steroid dienone is 6. The molecule has 1 amide bonds.